The van der Waals surface area contributed by atoms with Gasteiger partial charge in [0, 0.05) is 43.0 Å². The fourth-order valence-electron chi connectivity index (χ4n) is 2.29. The second kappa shape index (κ2) is 6.01. The molecular weight excluding hydrogens is 268 g/mol. The van der Waals surface area contributed by atoms with Crippen LogP contribution in [0.15, 0.2) is 0 Å². The molecule has 1 fully saturated rings. The fraction of sp³-hybridized carbons (Fsp3) is 0.917. The van der Waals surface area contributed by atoms with Gasteiger partial charge in [-0.05, 0) is 27.7 Å². The largest absolute Gasteiger partial charge is 0.340 e. The highest BCUT2D eigenvalue weighted by Gasteiger charge is 2.28. The molecule has 1 aliphatic rings. The molecule has 1 aliphatic heterocycles. The van der Waals surface area contributed by atoms with Gasteiger partial charge in [-0.1, -0.05) is 15.9 Å². The van der Waals surface area contributed by atoms with Crippen molar-refractivity contribution in [3.8, 4) is 0 Å². The highest BCUT2D eigenvalue weighted by molar-refractivity contribution is 9.09. The molecule has 0 aromatic rings. The van der Waals surface area contributed by atoms with E-state index in [2.05, 4.69) is 48.5 Å². The van der Waals surface area contributed by atoms with Crippen LogP contribution in [0.3, 0.4) is 0 Å². The van der Waals surface area contributed by atoms with Crippen LogP contribution in [-0.2, 0) is 4.79 Å². The minimum Gasteiger partial charge on any atom is -0.340 e. The van der Waals surface area contributed by atoms with Crippen molar-refractivity contribution in [2.24, 2.45) is 0 Å². The van der Waals surface area contributed by atoms with Gasteiger partial charge >= 0.3 is 0 Å². The Morgan fingerprint density at radius 2 is 1.94 bits per heavy atom. The van der Waals surface area contributed by atoms with Crippen LogP contribution in [0.2, 0.25) is 0 Å². The van der Waals surface area contributed by atoms with E-state index in [1.165, 1.54) is 0 Å². The quantitative estimate of drug-likeness (QED) is 0.724. The van der Waals surface area contributed by atoms with Crippen LogP contribution < -0.4 is 0 Å². The molecule has 16 heavy (non-hydrogen) atoms. The summed E-state index contributed by atoms with van der Waals surface area (Å²) in [4.78, 5) is 16.4. The third kappa shape index (κ3) is 3.74. The van der Waals surface area contributed by atoms with Crippen molar-refractivity contribution in [3.63, 3.8) is 0 Å². The molecule has 1 heterocycles. The Morgan fingerprint density at radius 1 is 1.38 bits per heavy atom. The third-order valence-electron chi connectivity index (χ3n) is 3.12. The summed E-state index contributed by atoms with van der Waals surface area (Å²) in [6.07, 6.45) is 0.656. The number of carbonyl (C=O) groups is 1. The Labute approximate surface area is 107 Å². The molecular formula is C12H23BrN2O. The van der Waals surface area contributed by atoms with Crippen molar-refractivity contribution >= 4 is 21.8 Å². The van der Waals surface area contributed by atoms with Gasteiger partial charge in [-0.15, -0.1) is 0 Å². The first-order valence-electron chi connectivity index (χ1n) is 6.09. The maximum absolute atomic E-state index is 11.6. The molecule has 0 aromatic carbocycles. The fourth-order valence-corrected chi connectivity index (χ4v) is 2.92. The number of amides is 1. The van der Waals surface area contributed by atoms with Gasteiger partial charge in [0.2, 0.25) is 5.91 Å². The summed E-state index contributed by atoms with van der Waals surface area (Å²) >= 11 is 3.51. The summed E-state index contributed by atoms with van der Waals surface area (Å²) in [5.74, 6) is 0.286. The predicted octanol–water partition coefficient (Wildman–Crippen LogP) is 2.10. The lowest BCUT2D eigenvalue weighted by Crippen LogP contribution is -2.43. The summed E-state index contributed by atoms with van der Waals surface area (Å²) in [5.41, 5.74) is 0. The number of nitrogens with zero attached hydrogens (tertiary/aromatic N) is 2. The summed E-state index contributed by atoms with van der Waals surface area (Å²) in [6.45, 7) is 11.5. The molecule has 0 aliphatic carbocycles. The average Bonchev–Trinajstić information content (AvgIpc) is 2.44. The van der Waals surface area contributed by atoms with Gasteiger partial charge in [0.25, 0.3) is 0 Å². The molecule has 1 amide bonds. The number of carbonyl (C=O) groups excluding carboxylic acids is 1. The van der Waals surface area contributed by atoms with Crippen molar-refractivity contribution in [3.05, 3.63) is 0 Å². The number of likely N-dealkylation sites (tertiary alicyclic amines) is 1. The lowest BCUT2D eigenvalue weighted by Gasteiger charge is -2.32. The van der Waals surface area contributed by atoms with Crippen LogP contribution in [0.1, 0.15) is 34.1 Å². The molecule has 3 nitrogen and oxygen atoms in total. The van der Waals surface area contributed by atoms with Gasteiger partial charge in [0.05, 0.1) is 0 Å². The Morgan fingerprint density at radius 3 is 2.31 bits per heavy atom. The second-order valence-electron chi connectivity index (χ2n) is 5.07. The highest BCUT2D eigenvalue weighted by Crippen LogP contribution is 2.18. The molecule has 0 bridgehead atoms. The van der Waals surface area contributed by atoms with Crippen LogP contribution in [-0.4, -0.2) is 52.3 Å². The SMILES string of the molecule is CC(C)N(CCN1CC(Br)CC1=O)C(C)C. The van der Waals surface area contributed by atoms with E-state index in [1.807, 2.05) is 4.90 Å². The zero-order chi connectivity index (χ0) is 12.3. The van der Waals surface area contributed by atoms with E-state index in [4.69, 9.17) is 0 Å². The van der Waals surface area contributed by atoms with Gasteiger partial charge in [-0.3, -0.25) is 9.69 Å². The first-order chi connectivity index (χ1) is 7.41. The van der Waals surface area contributed by atoms with Crippen LogP contribution in [0, 0.1) is 0 Å². The predicted molar refractivity (Wildman–Crippen MR) is 70.9 cm³/mol. The highest BCUT2D eigenvalue weighted by atomic mass is 79.9. The molecule has 0 spiro atoms. The smallest absolute Gasteiger partial charge is 0.223 e. The zero-order valence-electron chi connectivity index (χ0n) is 10.7. The van der Waals surface area contributed by atoms with E-state index in [0.717, 1.165) is 19.6 Å². The maximum atomic E-state index is 11.6. The molecule has 0 aromatic heterocycles. The van der Waals surface area contributed by atoms with Gasteiger partial charge in [0.15, 0.2) is 0 Å². The monoisotopic (exact) mass is 290 g/mol. The maximum Gasteiger partial charge on any atom is 0.223 e. The zero-order valence-corrected chi connectivity index (χ0v) is 12.3. The normalized spacial score (nSPS) is 21.9. The molecule has 4 heteroatoms. The van der Waals surface area contributed by atoms with E-state index in [-0.39, 0.29) is 5.91 Å². The Balaban J connectivity index is 2.41. The Kier molecular flexibility index (Phi) is 5.25. The molecule has 1 unspecified atom stereocenters. The lowest BCUT2D eigenvalue weighted by atomic mass is 10.2. The topological polar surface area (TPSA) is 23.6 Å². The van der Waals surface area contributed by atoms with Crippen molar-refractivity contribution in [1.29, 1.82) is 0 Å². The van der Waals surface area contributed by atoms with E-state index >= 15 is 0 Å². The van der Waals surface area contributed by atoms with E-state index < -0.39 is 0 Å². The average molecular weight is 291 g/mol. The lowest BCUT2D eigenvalue weighted by molar-refractivity contribution is -0.128. The van der Waals surface area contributed by atoms with Gasteiger partial charge in [-0.25, -0.2) is 0 Å². The molecule has 0 N–H and O–H groups in total. The third-order valence-corrected chi connectivity index (χ3v) is 3.74. The van der Waals surface area contributed by atoms with Crippen LogP contribution in [0.25, 0.3) is 0 Å². The molecule has 94 valence electrons. The van der Waals surface area contributed by atoms with Crippen molar-refractivity contribution in [2.45, 2.75) is 51.0 Å². The van der Waals surface area contributed by atoms with Crippen LogP contribution in [0.5, 0.6) is 0 Å². The first-order valence-corrected chi connectivity index (χ1v) is 7.01. The number of hydrogen-bond donors (Lipinski definition) is 0. The Hall–Kier alpha value is -0.0900. The van der Waals surface area contributed by atoms with Gasteiger partial charge < -0.3 is 4.90 Å². The second-order valence-corrected chi connectivity index (χ2v) is 6.36. The first kappa shape index (κ1) is 14.0. The van der Waals surface area contributed by atoms with Gasteiger partial charge in [0.1, 0.15) is 0 Å². The van der Waals surface area contributed by atoms with E-state index in [1.54, 1.807) is 0 Å². The Bertz CT molecular complexity index is 235. The van der Waals surface area contributed by atoms with Crippen molar-refractivity contribution < 1.29 is 4.79 Å². The minimum absolute atomic E-state index is 0.286. The number of hydrogen-bond acceptors (Lipinski definition) is 2. The van der Waals surface area contributed by atoms with E-state index in [9.17, 15) is 4.79 Å². The van der Waals surface area contributed by atoms with E-state index in [0.29, 0.717) is 23.3 Å². The molecule has 1 saturated heterocycles. The number of halogens is 1. The van der Waals surface area contributed by atoms with Gasteiger partial charge in [-0.2, -0.15) is 0 Å². The summed E-state index contributed by atoms with van der Waals surface area (Å²) in [5, 5.41) is 0. The molecule has 1 atom stereocenters. The van der Waals surface area contributed by atoms with Crippen LogP contribution >= 0.6 is 15.9 Å². The number of alkyl halides is 1. The molecule has 0 radical (unpaired) electrons. The number of rotatable bonds is 5. The standard InChI is InChI=1S/C12H23BrN2O/c1-9(2)15(10(3)4)6-5-14-8-11(13)7-12(14)16/h9-11H,5-8H2,1-4H3. The molecule has 1 rings (SSSR count). The van der Waals surface area contributed by atoms with Crippen LogP contribution in [0.4, 0.5) is 0 Å². The summed E-state index contributed by atoms with van der Waals surface area (Å²) in [6, 6.07) is 1.08. The minimum atomic E-state index is 0.286. The van der Waals surface area contributed by atoms with Crippen molar-refractivity contribution in [2.75, 3.05) is 19.6 Å². The summed E-state index contributed by atoms with van der Waals surface area (Å²) in [7, 11) is 0. The molecule has 0 saturated carbocycles. The van der Waals surface area contributed by atoms with Crippen molar-refractivity contribution in [1.82, 2.24) is 9.80 Å². The summed E-state index contributed by atoms with van der Waals surface area (Å²) < 4.78 is 0.